The first-order chi connectivity index (χ1) is 18.0. The molecule has 3 aromatic rings. The van der Waals surface area contributed by atoms with Gasteiger partial charge in [-0.15, -0.1) is 0 Å². The highest BCUT2D eigenvalue weighted by Crippen LogP contribution is 2.38. The van der Waals surface area contributed by atoms with E-state index in [-0.39, 0.29) is 18.4 Å². The number of hydrogen-bond donors (Lipinski definition) is 2. The number of aromatic nitrogens is 3. The summed E-state index contributed by atoms with van der Waals surface area (Å²) in [7, 11) is 1.53. The molecule has 2 aliphatic heterocycles. The summed E-state index contributed by atoms with van der Waals surface area (Å²) in [6.45, 7) is 3.87. The number of rotatable bonds is 7. The van der Waals surface area contributed by atoms with Gasteiger partial charge in [0.2, 0.25) is 5.95 Å². The molecule has 2 aromatic carbocycles. The molecule has 2 N–H and O–H groups in total. The lowest BCUT2D eigenvalue weighted by Gasteiger charge is -2.29. The van der Waals surface area contributed by atoms with Gasteiger partial charge in [0.25, 0.3) is 11.8 Å². The van der Waals surface area contributed by atoms with Crippen LogP contribution in [0, 0.1) is 0 Å². The summed E-state index contributed by atoms with van der Waals surface area (Å²) >= 11 is 0. The topological polar surface area (TPSA) is 120 Å². The van der Waals surface area contributed by atoms with Crippen LogP contribution in [0.4, 0.5) is 11.6 Å². The lowest BCUT2D eigenvalue weighted by Crippen LogP contribution is -2.43. The summed E-state index contributed by atoms with van der Waals surface area (Å²) < 4.78 is 18.4. The van der Waals surface area contributed by atoms with Crippen LogP contribution in [0.5, 0.6) is 11.5 Å². The third-order valence-electron chi connectivity index (χ3n) is 6.29. The van der Waals surface area contributed by atoms with Crippen molar-refractivity contribution in [1.82, 2.24) is 19.7 Å². The van der Waals surface area contributed by atoms with Crippen molar-refractivity contribution in [2.24, 2.45) is 0 Å². The number of carbonyl (C=O) groups excluding carboxylic acids is 2. The first-order valence-electron chi connectivity index (χ1n) is 11.9. The fourth-order valence-electron chi connectivity index (χ4n) is 4.43. The molecule has 1 fully saturated rings. The van der Waals surface area contributed by atoms with Gasteiger partial charge in [0.05, 0.1) is 25.9 Å². The molecule has 1 aromatic heterocycles. The van der Waals surface area contributed by atoms with Crippen LogP contribution in [0.25, 0.3) is 0 Å². The van der Waals surface area contributed by atoms with Crippen LogP contribution in [0.15, 0.2) is 66.1 Å². The first kappa shape index (κ1) is 24.3. The number of nitrogens with one attached hydrogen (secondary N) is 2. The molecule has 0 bridgehead atoms. The number of nitrogens with zero attached hydrogens (tertiary/aromatic N) is 4. The number of ether oxygens (including phenoxy) is 3. The number of carbonyl (C=O) groups is 2. The Labute approximate surface area is 214 Å². The quantitative estimate of drug-likeness (QED) is 0.504. The Balaban J connectivity index is 1.42. The Morgan fingerprint density at radius 2 is 1.92 bits per heavy atom. The molecular formula is C26H28N6O5. The van der Waals surface area contributed by atoms with E-state index in [1.54, 1.807) is 21.7 Å². The van der Waals surface area contributed by atoms with Crippen molar-refractivity contribution in [2.75, 3.05) is 50.7 Å². The maximum atomic E-state index is 13.5. The molecule has 0 radical (unpaired) electrons. The van der Waals surface area contributed by atoms with Crippen LogP contribution in [0.3, 0.4) is 0 Å². The van der Waals surface area contributed by atoms with Gasteiger partial charge in [-0.05, 0) is 36.8 Å². The number of fused-ring (bicyclic) bond motifs is 1. The lowest BCUT2D eigenvalue weighted by molar-refractivity contribution is -0.137. The molecule has 5 rings (SSSR count). The van der Waals surface area contributed by atoms with Crippen LogP contribution in [0.1, 0.15) is 18.5 Å². The average molecular weight is 505 g/mol. The van der Waals surface area contributed by atoms with E-state index in [2.05, 4.69) is 20.7 Å². The number of methoxy groups -OCH3 is 1. The van der Waals surface area contributed by atoms with Crippen molar-refractivity contribution < 1.29 is 23.8 Å². The summed E-state index contributed by atoms with van der Waals surface area (Å²) in [5.41, 5.74) is 2.58. The van der Waals surface area contributed by atoms with Gasteiger partial charge in [-0.2, -0.15) is 10.1 Å². The molecule has 1 atom stereocenters. The van der Waals surface area contributed by atoms with Crippen molar-refractivity contribution >= 4 is 23.5 Å². The molecule has 0 aliphatic carbocycles. The van der Waals surface area contributed by atoms with Gasteiger partial charge in [0.15, 0.2) is 18.1 Å². The predicted molar refractivity (Wildman–Crippen MR) is 135 cm³/mol. The highest BCUT2D eigenvalue weighted by molar-refractivity contribution is 6.06. The summed E-state index contributed by atoms with van der Waals surface area (Å²) in [5, 5.41) is 10.5. The van der Waals surface area contributed by atoms with E-state index < -0.39 is 6.04 Å². The second kappa shape index (κ2) is 10.7. The van der Waals surface area contributed by atoms with Gasteiger partial charge in [-0.3, -0.25) is 9.59 Å². The smallest absolute Gasteiger partial charge is 0.260 e. The van der Waals surface area contributed by atoms with Crippen LogP contribution >= 0.6 is 0 Å². The van der Waals surface area contributed by atoms with Crippen LogP contribution in [-0.4, -0.2) is 71.5 Å². The van der Waals surface area contributed by atoms with Crippen molar-refractivity contribution in [2.45, 2.75) is 13.0 Å². The fourth-order valence-corrected chi connectivity index (χ4v) is 4.43. The summed E-state index contributed by atoms with van der Waals surface area (Å²) in [5.74, 6) is 1.01. The van der Waals surface area contributed by atoms with Crippen molar-refractivity contribution in [3.8, 4) is 11.5 Å². The third kappa shape index (κ3) is 5.12. The molecule has 0 unspecified atom stereocenters. The largest absolute Gasteiger partial charge is 0.493 e. The molecule has 2 aliphatic rings. The summed E-state index contributed by atoms with van der Waals surface area (Å²) in [6, 6.07) is 14.0. The number of anilines is 2. The van der Waals surface area contributed by atoms with Crippen molar-refractivity contribution in [3.05, 3.63) is 71.7 Å². The van der Waals surface area contributed by atoms with E-state index in [1.165, 1.54) is 13.4 Å². The molecule has 192 valence electrons. The molecule has 0 spiro atoms. The highest BCUT2D eigenvalue weighted by Gasteiger charge is 2.34. The van der Waals surface area contributed by atoms with E-state index in [4.69, 9.17) is 14.2 Å². The minimum Gasteiger partial charge on any atom is -0.493 e. The second-order valence-electron chi connectivity index (χ2n) is 8.61. The number of para-hydroxylation sites is 1. The Morgan fingerprint density at radius 3 is 2.68 bits per heavy atom. The van der Waals surface area contributed by atoms with Crippen LogP contribution in [-0.2, 0) is 14.3 Å². The lowest BCUT2D eigenvalue weighted by atomic mass is 9.94. The maximum Gasteiger partial charge on any atom is 0.260 e. The minimum atomic E-state index is -0.569. The van der Waals surface area contributed by atoms with Gasteiger partial charge in [-0.1, -0.05) is 24.3 Å². The molecule has 11 heteroatoms. The molecule has 11 nitrogen and oxygen atoms in total. The normalized spacial score (nSPS) is 17.0. The molecule has 2 amide bonds. The minimum absolute atomic E-state index is 0.111. The Bertz CT molecular complexity index is 1320. The molecule has 3 heterocycles. The number of allylic oxidation sites excluding steroid dienone is 1. The zero-order valence-electron chi connectivity index (χ0n) is 20.6. The standard InChI is InChI=1S/C26H28N6O5/c1-17-23(25(34)30-19-6-4-3-5-7-19)24(32-26(29-17)27-16-28-32)18-8-9-20(21(14-18)35-2)37-15-22(33)31-10-12-36-13-11-31/h3-9,14,16,24H,10-13,15H2,1-2H3,(H,30,34)(H,27,28,29)/t24-/m0/s1. The zero-order chi connectivity index (χ0) is 25.8. The Kier molecular flexibility index (Phi) is 7.04. The Morgan fingerprint density at radius 1 is 1.14 bits per heavy atom. The average Bonchev–Trinajstić information content (AvgIpc) is 3.40. The number of morpholine rings is 1. The van der Waals surface area contributed by atoms with E-state index >= 15 is 0 Å². The number of benzene rings is 2. The SMILES string of the molecule is COc1cc([C@H]2C(C(=O)Nc3ccccc3)=C(C)Nc3ncnn32)ccc1OCC(=O)N1CCOCC1. The van der Waals surface area contributed by atoms with Gasteiger partial charge < -0.3 is 29.7 Å². The van der Waals surface area contributed by atoms with Crippen LogP contribution in [0.2, 0.25) is 0 Å². The third-order valence-corrected chi connectivity index (χ3v) is 6.29. The van der Waals surface area contributed by atoms with Gasteiger partial charge >= 0.3 is 0 Å². The highest BCUT2D eigenvalue weighted by atomic mass is 16.5. The predicted octanol–water partition coefficient (Wildman–Crippen LogP) is 2.45. The van der Waals surface area contributed by atoms with E-state index in [9.17, 15) is 9.59 Å². The summed E-state index contributed by atoms with van der Waals surface area (Å²) in [6.07, 6.45) is 1.44. The van der Waals surface area contributed by atoms with Gasteiger partial charge in [0, 0.05) is 24.5 Å². The zero-order valence-corrected chi connectivity index (χ0v) is 20.6. The van der Waals surface area contributed by atoms with Gasteiger partial charge in [0.1, 0.15) is 12.4 Å². The van der Waals surface area contributed by atoms with E-state index in [1.807, 2.05) is 43.3 Å². The fraction of sp³-hybridized carbons (Fsp3) is 0.308. The van der Waals surface area contributed by atoms with E-state index in [0.29, 0.717) is 60.7 Å². The molecule has 37 heavy (non-hydrogen) atoms. The Hall–Kier alpha value is -4.38. The molecule has 1 saturated heterocycles. The maximum absolute atomic E-state index is 13.5. The molecular weight excluding hydrogens is 476 g/mol. The monoisotopic (exact) mass is 504 g/mol. The number of hydrogen-bond acceptors (Lipinski definition) is 8. The van der Waals surface area contributed by atoms with Crippen molar-refractivity contribution in [3.63, 3.8) is 0 Å². The van der Waals surface area contributed by atoms with E-state index in [0.717, 1.165) is 5.56 Å². The van der Waals surface area contributed by atoms with Gasteiger partial charge in [-0.25, -0.2) is 4.68 Å². The number of amides is 2. The first-order valence-corrected chi connectivity index (χ1v) is 11.9. The summed E-state index contributed by atoms with van der Waals surface area (Å²) in [4.78, 5) is 32.0. The second-order valence-corrected chi connectivity index (χ2v) is 8.61. The van der Waals surface area contributed by atoms with Crippen LogP contribution < -0.4 is 20.1 Å². The molecule has 0 saturated carbocycles. The van der Waals surface area contributed by atoms with Crippen molar-refractivity contribution in [1.29, 1.82) is 0 Å².